The Balaban J connectivity index is 2.23. The van der Waals surface area contributed by atoms with Crippen molar-refractivity contribution in [1.82, 2.24) is 10.6 Å². The second kappa shape index (κ2) is 6.98. The van der Waals surface area contributed by atoms with Crippen LogP contribution in [0.3, 0.4) is 0 Å². The molecule has 1 fully saturated rings. The largest absolute Gasteiger partial charge is 0.349 e. The van der Waals surface area contributed by atoms with Crippen molar-refractivity contribution in [3.63, 3.8) is 0 Å². The molecule has 2 rings (SSSR count). The van der Waals surface area contributed by atoms with E-state index in [0.717, 1.165) is 5.56 Å². The molecule has 2 N–H and O–H groups in total. The van der Waals surface area contributed by atoms with Crippen molar-refractivity contribution in [3.8, 4) is 0 Å². The van der Waals surface area contributed by atoms with Gasteiger partial charge in [0.15, 0.2) is 4.33 Å². The fourth-order valence-electron chi connectivity index (χ4n) is 3.51. The highest BCUT2D eigenvalue weighted by molar-refractivity contribution is 6.55. The quantitative estimate of drug-likeness (QED) is 0.690. The summed E-state index contributed by atoms with van der Waals surface area (Å²) in [6.07, 6.45) is 0.696. The lowest BCUT2D eigenvalue weighted by Gasteiger charge is -2.23. The van der Waals surface area contributed by atoms with E-state index < -0.39 is 15.3 Å². The third kappa shape index (κ3) is 3.02. The van der Waals surface area contributed by atoms with Crippen LogP contribution in [0.2, 0.25) is 5.02 Å². The van der Waals surface area contributed by atoms with E-state index in [-0.39, 0.29) is 17.9 Å². The van der Waals surface area contributed by atoms with Crippen molar-refractivity contribution in [1.29, 1.82) is 0 Å². The second-order valence-corrected chi connectivity index (χ2v) is 8.37. The first-order valence-corrected chi connectivity index (χ1v) is 9.46. The van der Waals surface area contributed by atoms with E-state index in [1.165, 1.54) is 0 Å². The molecule has 25 heavy (non-hydrogen) atoms. The molecule has 0 aromatic heterocycles. The molecule has 1 aliphatic carbocycles. The molecule has 7 heteroatoms. The van der Waals surface area contributed by atoms with Crippen LogP contribution in [-0.4, -0.2) is 21.7 Å². The number of nitrogens with one attached hydrogen (secondary N) is 2. The summed E-state index contributed by atoms with van der Waals surface area (Å²) in [4.78, 5) is 24.9. The van der Waals surface area contributed by atoms with Gasteiger partial charge in [-0.15, -0.1) is 0 Å². The van der Waals surface area contributed by atoms with E-state index in [9.17, 15) is 9.59 Å². The molecule has 0 aliphatic heterocycles. The molecule has 3 atom stereocenters. The minimum atomic E-state index is -1.37. The van der Waals surface area contributed by atoms with E-state index in [0.29, 0.717) is 17.9 Å². The number of carbonyl (C=O) groups is 2. The standard InChI is InChI=1S/C18H23Cl3N2O2/c1-5-14(24)23-16(4)17(6-2,18(16,20)21)15(25)22-11(3)12-7-9-13(19)10-8-12/h7-11H,5-6H2,1-4H3,(H,22,25)(H,23,24). The van der Waals surface area contributed by atoms with Crippen LogP contribution in [0.4, 0.5) is 0 Å². The average Bonchev–Trinajstić information content (AvgIpc) is 2.94. The van der Waals surface area contributed by atoms with Crippen molar-refractivity contribution < 1.29 is 9.59 Å². The van der Waals surface area contributed by atoms with E-state index >= 15 is 0 Å². The minimum absolute atomic E-state index is 0.193. The van der Waals surface area contributed by atoms with Crippen molar-refractivity contribution in [2.45, 2.75) is 56.5 Å². The zero-order valence-electron chi connectivity index (χ0n) is 14.8. The van der Waals surface area contributed by atoms with Crippen LogP contribution >= 0.6 is 34.8 Å². The zero-order chi connectivity index (χ0) is 19.0. The molecule has 1 aliphatic rings. The third-order valence-corrected chi connectivity index (χ3v) is 6.95. The maximum Gasteiger partial charge on any atom is 0.232 e. The van der Waals surface area contributed by atoms with Gasteiger partial charge in [0.1, 0.15) is 5.41 Å². The van der Waals surface area contributed by atoms with Crippen LogP contribution in [0.25, 0.3) is 0 Å². The average molecular weight is 406 g/mol. The molecule has 4 nitrogen and oxygen atoms in total. The summed E-state index contributed by atoms with van der Waals surface area (Å²) in [5, 5.41) is 6.43. The summed E-state index contributed by atoms with van der Waals surface area (Å²) in [6.45, 7) is 7.17. The Morgan fingerprint density at radius 3 is 2.20 bits per heavy atom. The lowest BCUT2D eigenvalue weighted by atomic mass is 9.94. The molecule has 0 radical (unpaired) electrons. The molecule has 1 aromatic carbocycles. The van der Waals surface area contributed by atoms with E-state index in [1.54, 1.807) is 26.0 Å². The minimum Gasteiger partial charge on any atom is -0.349 e. The summed E-state index contributed by atoms with van der Waals surface area (Å²) in [5.74, 6) is -0.469. The predicted octanol–water partition coefficient (Wildman–Crippen LogP) is 4.39. The van der Waals surface area contributed by atoms with Gasteiger partial charge in [0.2, 0.25) is 11.8 Å². The van der Waals surface area contributed by atoms with Gasteiger partial charge in [0, 0.05) is 11.4 Å². The molecule has 3 unspecified atom stereocenters. The summed E-state index contributed by atoms with van der Waals surface area (Å²) in [5.41, 5.74) is -1.19. The van der Waals surface area contributed by atoms with E-state index in [4.69, 9.17) is 34.8 Å². The number of amides is 2. The number of carbonyl (C=O) groups excluding carboxylic acids is 2. The number of benzene rings is 1. The number of hydrogen-bond acceptors (Lipinski definition) is 2. The highest BCUT2D eigenvalue weighted by atomic mass is 35.5. The van der Waals surface area contributed by atoms with Gasteiger partial charge < -0.3 is 10.6 Å². The van der Waals surface area contributed by atoms with Crippen LogP contribution in [0.15, 0.2) is 24.3 Å². The van der Waals surface area contributed by atoms with Gasteiger partial charge in [-0.3, -0.25) is 9.59 Å². The summed E-state index contributed by atoms with van der Waals surface area (Å²) < 4.78 is -1.37. The van der Waals surface area contributed by atoms with E-state index in [1.807, 2.05) is 26.0 Å². The predicted molar refractivity (Wildman–Crippen MR) is 102 cm³/mol. The highest BCUT2D eigenvalue weighted by Gasteiger charge is 2.88. The smallest absolute Gasteiger partial charge is 0.232 e. The number of rotatable bonds is 6. The molecule has 0 heterocycles. The maximum absolute atomic E-state index is 13.1. The molecule has 0 spiro atoms. The van der Waals surface area contributed by atoms with Crippen molar-refractivity contribution in [2.24, 2.45) is 5.41 Å². The Kier molecular flexibility index (Phi) is 5.68. The SMILES string of the molecule is CCC(=O)NC1(C)C(Cl)(Cl)C1(CC)C(=O)NC(C)c1ccc(Cl)cc1. The van der Waals surface area contributed by atoms with Crippen molar-refractivity contribution >= 4 is 46.6 Å². The first-order chi connectivity index (χ1) is 11.6. The Morgan fingerprint density at radius 2 is 1.72 bits per heavy atom. The van der Waals surface area contributed by atoms with Crippen LogP contribution in [0.5, 0.6) is 0 Å². The summed E-state index contributed by atoms with van der Waals surface area (Å²) in [7, 11) is 0. The highest BCUT2D eigenvalue weighted by Crippen LogP contribution is 2.73. The van der Waals surface area contributed by atoms with Crippen molar-refractivity contribution in [3.05, 3.63) is 34.9 Å². The second-order valence-electron chi connectivity index (χ2n) is 6.61. The van der Waals surface area contributed by atoms with Gasteiger partial charge in [-0.1, -0.05) is 60.8 Å². The van der Waals surface area contributed by atoms with Gasteiger partial charge in [0.25, 0.3) is 0 Å². The van der Waals surface area contributed by atoms with Crippen LogP contribution in [0.1, 0.15) is 52.1 Å². The number of halogens is 3. The van der Waals surface area contributed by atoms with Gasteiger partial charge in [-0.25, -0.2) is 0 Å². The topological polar surface area (TPSA) is 58.2 Å². The summed E-state index contributed by atoms with van der Waals surface area (Å²) in [6, 6.07) is 7.00. The first-order valence-electron chi connectivity index (χ1n) is 8.32. The van der Waals surface area contributed by atoms with Gasteiger partial charge in [-0.05, 0) is 38.0 Å². The third-order valence-electron chi connectivity index (χ3n) is 5.30. The lowest BCUT2D eigenvalue weighted by molar-refractivity contribution is -0.128. The van der Waals surface area contributed by atoms with Crippen LogP contribution in [0, 0.1) is 5.41 Å². The fraction of sp³-hybridized carbons (Fsp3) is 0.556. The zero-order valence-corrected chi connectivity index (χ0v) is 17.0. The van der Waals surface area contributed by atoms with Gasteiger partial charge in [-0.2, -0.15) is 0 Å². The molecular formula is C18H23Cl3N2O2. The normalized spacial score (nSPS) is 28.1. The lowest BCUT2D eigenvalue weighted by Crippen LogP contribution is -2.45. The van der Waals surface area contributed by atoms with Gasteiger partial charge in [0.05, 0.1) is 11.6 Å². The van der Waals surface area contributed by atoms with Gasteiger partial charge >= 0.3 is 0 Å². The van der Waals surface area contributed by atoms with Crippen molar-refractivity contribution in [2.75, 3.05) is 0 Å². The molecule has 1 saturated carbocycles. The Morgan fingerprint density at radius 1 is 1.16 bits per heavy atom. The molecular weight excluding hydrogens is 383 g/mol. The Hall–Kier alpha value is -0.970. The molecule has 1 aromatic rings. The molecule has 138 valence electrons. The van der Waals surface area contributed by atoms with E-state index in [2.05, 4.69) is 10.6 Å². The molecule has 2 amide bonds. The fourth-order valence-corrected chi connectivity index (χ4v) is 4.78. The monoisotopic (exact) mass is 404 g/mol. The maximum atomic E-state index is 13.1. The van der Waals surface area contributed by atoms with Crippen LogP contribution < -0.4 is 10.6 Å². The van der Waals surface area contributed by atoms with Crippen LogP contribution in [-0.2, 0) is 9.59 Å². The number of alkyl halides is 2. The Labute approximate surface area is 163 Å². The Bertz CT molecular complexity index is 677. The summed E-state index contributed by atoms with van der Waals surface area (Å²) >= 11 is 18.9. The number of hydrogen-bond donors (Lipinski definition) is 2. The molecule has 0 saturated heterocycles. The first kappa shape index (κ1) is 20.3. The molecule has 0 bridgehead atoms.